The first-order valence-electron chi connectivity index (χ1n) is 4.53. The summed E-state index contributed by atoms with van der Waals surface area (Å²) in [5.74, 6) is 0.647. The maximum Gasteiger partial charge on any atom is 0.441 e. The van der Waals surface area contributed by atoms with Gasteiger partial charge in [-0.2, -0.15) is 13.2 Å². The lowest BCUT2D eigenvalue weighted by Crippen LogP contribution is -2.34. The number of thioether (sulfide) groups is 1. The van der Waals surface area contributed by atoms with Crippen molar-refractivity contribution in [2.24, 2.45) is 5.92 Å². The Kier molecular flexibility index (Phi) is 4.87. The molecule has 1 rings (SSSR count). The predicted octanol–water partition coefficient (Wildman–Crippen LogP) is 2.85. The van der Waals surface area contributed by atoms with E-state index in [4.69, 9.17) is 11.6 Å². The molecule has 1 saturated carbocycles. The lowest BCUT2D eigenvalue weighted by atomic mass is 9.85. The molecule has 0 radical (unpaired) electrons. The van der Waals surface area contributed by atoms with Gasteiger partial charge in [0.1, 0.15) is 0 Å². The third kappa shape index (κ3) is 5.32. The van der Waals surface area contributed by atoms with Crippen molar-refractivity contribution >= 4 is 23.4 Å². The summed E-state index contributed by atoms with van der Waals surface area (Å²) in [6, 6.07) is 0. The van der Waals surface area contributed by atoms with Crippen molar-refractivity contribution in [2.75, 3.05) is 18.8 Å². The van der Waals surface area contributed by atoms with Crippen LogP contribution in [-0.2, 0) is 0 Å². The Balaban J connectivity index is 1.85. The molecule has 0 aromatic heterocycles. The Hall–Kier alpha value is 0.390. The molecular weight excluding hydrogens is 235 g/mol. The van der Waals surface area contributed by atoms with Crippen molar-refractivity contribution < 1.29 is 13.2 Å². The fraction of sp³-hybridized carbons (Fsp3) is 1.00. The minimum absolute atomic E-state index is 0.0228. The molecule has 1 fully saturated rings. The summed E-state index contributed by atoms with van der Waals surface area (Å²) in [5, 5.41) is 3.28. The van der Waals surface area contributed by atoms with Crippen molar-refractivity contribution in [3.8, 4) is 0 Å². The summed E-state index contributed by atoms with van der Waals surface area (Å²) in [6.45, 7) is 1.20. The van der Waals surface area contributed by atoms with E-state index in [2.05, 4.69) is 5.32 Å². The first-order chi connectivity index (χ1) is 6.47. The summed E-state index contributed by atoms with van der Waals surface area (Å²) in [4.78, 5) is 0. The molecule has 0 spiro atoms. The molecule has 84 valence electrons. The summed E-state index contributed by atoms with van der Waals surface area (Å²) >= 11 is 5.79. The molecule has 0 aromatic rings. The van der Waals surface area contributed by atoms with Crippen LogP contribution >= 0.6 is 23.4 Å². The van der Waals surface area contributed by atoms with Crippen LogP contribution in [0.5, 0.6) is 0 Å². The second-order valence-corrected chi connectivity index (χ2v) is 5.21. The van der Waals surface area contributed by atoms with Gasteiger partial charge in [0.05, 0.1) is 0 Å². The smallest absolute Gasteiger partial charge is 0.316 e. The van der Waals surface area contributed by atoms with Gasteiger partial charge in [-0.3, -0.25) is 0 Å². The largest absolute Gasteiger partial charge is 0.441 e. The van der Waals surface area contributed by atoms with E-state index >= 15 is 0 Å². The highest BCUT2D eigenvalue weighted by atomic mass is 35.5. The van der Waals surface area contributed by atoms with Gasteiger partial charge >= 0.3 is 5.51 Å². The molecule has 0 saturated heterocycles. The topological polar surface area (TPSA) is 12.0 Å². The molecule has 1 N–H and O–H groups in total. The van der Waals surface area contributed by atoms with Crippen molar-refractivity contribution in [3.63, 3.8) is 0 Å². The molecule has 14 heavy (non-hydrogen) atoms. The Morgan fingerprint density at radius 2 is 2.00 bits per heavy atom. The zero-order valence-electron chi connectivity index (χ0n) is 7.61. The molecule has 0 bridgehead atoms. The van der Waals surface area contributed by atoms with Gasteiger partial charge < -0.3 is 5.32 Å². The average Bonchev–Trinajstić information content (AvgIpc) is 1.98. The molecule has 1 nitrogen and oxygen atoms in total. The van der Waals surface area contributed by atoms with E-state index in [9.17, 15) is 13.2 Å². The minimum atomic E-state index is -4.10. The number of rotatable bonds is 5. The average molecular weight is 248 g/mol. The lowest BCUT2D eigenvalue weighted by molar-refractivity contribution is -0.0327. The molecule has 1 aliphatic carbocycles. The Bertz CT molecular complexity index is 170. The molecule has 0 heterocycles. The molecule has 0 aliphatic heterocycles. The molecule has 0 aromatic carbocycles. The van der Waals surface area contributed by atoms with E-state index in [0.29, 0.717) is 12.5 Å². The normalized spacial score (nSPS) is 27.4. The molecule has 0 unspecified atom stereocenters. The van der Waals surface area contributed by atoms with Gasteiger partial charge in [-0.05, 0) is 37.1 Å². The van der Waals surface area contributed by atoms with Gasteiger partial charge in [0.2, 0.25) is 0 Å². The number of alkyl halides is 4. The first kappa shape index (κ1) is 12.5. The quantitative estimate of drug-likeness (QED) is 0.592. The molecule has 0 amide bonds. The SMILES string of the molecule is FC(F)(F)SCCNCC1CC(Cl)C1. The van der Waals surface area contributed by atoms with Crippen molar-refractivity contribution in [3.05, 3.63) is 0 Å². The zero-order valence-corrected chi connectivity index (χ0v) is 9.18. The summed E-state index contributed by atoms with van der Waals surface area (Å²) in [6.07, 6.45) is 1.97. The number of hydrogen-bond donors (Lipinski definition) is 1. The van der Waals surface area contributed by atoms with Crippen LogP contribution in [-0.4, -0.2) is 29.7 Å². The van der Waals surface area contributed by atoms with Crippen LogP contribution in [0.25, 0.3) is 0 Å². The van der Waals surface area contributed by atoms with Crippen LogP contribution in [0.3, 0.4) is 0 Å². The standard InChI is InChI=1S/C8H13ClF3NS/c9-7-3-6(4-7)5-13-1-2-14-8(10,11)12/h6-7,13H,1-5H2. The maximum absolute atomic E-state index is 11.7. The third-order valence-corrected chi connectivity index (χ3v) is 3.25. The number of hydrogen-bond acceptors (Lipinski definition) is 2. The van der Waals surface area contributed by atoms with E-state index in [1.54, 1.807) is 0 Å². The molecule has 6 heteroatoms. The molecule has 1 aliphatic rings. The van der Waals surface area contributed by atoms with E-state index in [0.717, 1.165) is 19.4 Å². The van der Waals surface area contributed by atoms with Gasteiger partial charge in [-0.15, -0.1) is 11.6 Å². The van der Waals surface area contributed by atoms with Crippen LogP contribution in [0.1, 0.15) is 12.8 Å². The third-order valence-electron chi connectivity index (χ3n) is 2.16. The minimum Gasteiger partial charge on any atom is -0.316 e. The van der Waals surface area contributed by atoms with Crippen LogP contribution in [0, 0.1) is 5.92 Å². The Labute approximate surface area is 90.8 Å². The fourth-order valence-electron chi connectivity index (χ4n) is 1.37. The van der Waals surface area contributed by atoms with E-state index in [1.165, 1.54) is 0 Å². The number of nitrogens with one attached hydrogen (secondary N) is 1. The highest BCUT2D eigenvalue weighted by Gasteiger charge is 2.28. The Morgan fingerprint density at radius 1 is 1.36 bits per heavy atom. The van der Waals surface area contributed by atoms with Gasteiger partial charge in [-0.1, -0.05) is 0 Å². The van der Waals surface area contributed by atoms with E-state index in [1.807, 2.05) is 0 Å². The second kappa shape index (κ2) is 5.47. The summed E-state index contributed by atoms with van der Waals surface area (Å²) in [7, 11) is 0. The van der Waals surface area contributed by atoms with E-state index < -0.39 is 5.51 Å². The van der Waals surface area contributed by atoms with Crippen LogP contribution < -0.4 is 5.32 Å². The van der Waals surface area contributed by atoms with Gasteiger partial charge in [0.15, 0.2) is 0 Å². The fourth-order valence-corrected chi connectivity index (χ4v) is 2.35. The van der Waals surface area contributed by atoms with Crippen molar-refractivity contribution in [2.45, 2.75) is 23.7 Å². The summed E-state index contributed by atoms with van der Waals surface area (Å²) < 4.78 is 35.1. The van der Waals surface area contributed by atoms with Gasteiger partial charge in [0, 0.05) is 17.7 Å². The second-order valence-electron chi connectivity index (χ2n) is 3.43. The maximum atomic E-state index is 11.7. The van der Waals surface area contributed by atoms with Crippen LogP contribution in [0.2, 0.25) is 0 Å². The van der Waals surface area contributed by atoms with Crippen LogP contribution in [0.15, 0.2) is 0 Å². The van der Waals surface area contributed by atoms with E-state index in [-0.39, 0.29) is 22.9 Å². The highest BCUT2D eigenvalue weighted by molar-refractivity contribution is 8.00. The zero-order chi connectivity index (χ0) is 10.6. The van der Waals surface area contributed by atoms with Crippen molar-refractivity contribution in [1.82, 2.24) is 5.32 Å². The molecule has 0 atom stereocenters. The lowest BCUT2D eigenvalue weighted by Gasteiger charge is -2.30. The van der Waals surface area contributed by atoms with Crippen molar-refractivity contribution in [1.29, 1.82) is 0 Å². The Morgan fingerprint density at radius 3 is 2.50 bits per heavy atom. The summed E-state index contributed by atoms with van der Waals surface area (Å²) in [5.41, 5.74) is -4.10. The first-order valence-corrected chi connectivity index (χ1v) is 5.95. The van der Waals surface area contributed by atoms with Gasteiger partial charge in [-0.25, -0.2) is 0 Å². The monoisotopic (exact) mass is 247 g/mol. The predicted molar refractivity (Wildman–Crippen MR) is 53.7 cm³/mol. The molecular formula is C8H13ClF3NS. The highest BCUT2D eigenvalue weighted by Crippen LogP contribution is 2.31. The number of halogens is 4. The van der Waals surface area contributed by atoms with Gasteiger partial charge in [0.25, 0.3) is 0 Å². The van der Waals surface area contributed by atoms with Crippen LogP contribution in [0.4, 0.5) is 13.2 Å².